The first-order valence-corrected chi connectivity index (χ1v) is 7.08. The van der Waals surface area contributed by atoms with E-state index in [-0.39, 0.29) is 10.6 Å². The zero-order valence-corrected chi connectivity index (χ0v) is 10.5. The highest BCUT2D eigenvalue weighted by Crippen LogP contribution is 2.28. The molecule has 0 atom stereocenters. The van der Waals surface area contributed by atoms with E-state index in [4.69, 9.17) is 14.7 Å². The van der Waals surface area contributed by atoms with Gasteiger partial charge in [0.05, 0.1) is 0 Å². The summed E-state index contributed by atoms with van der Waals surface area (Å²) in [7, 11) is -5.67. The number of rotatable bonds is 4. The lowest BCUT2D eigenvalue weighted by atomic mass is 10.2. The van der Waals surface area contributed by atoms with Crippen molar-refractivity contribution in [2.24, 2.45) is 0 Å². The van der Waals surface area contributed by atoms with Gasteiger partial charge in [-0.3, -0.25) is 0 Å². The van der Waals surface area contributed by atoms with Crippen LogP contribution in [0, 0.1) is 0 Å². The Balaban J connectivity index is 2.37. The summed E-state index contributed by atoms with van der Waals surface area (Å²) >= 11 is 0. The van der Waals surface area contributed by atoms with Crippen LogP contribution in [-0.4, -0.2) is 43.2 Å². The minimum Gasteiger partial charge on any atom is -0.511 e. The molecule has 2 rings (SSSR count). The molecule has 1 aromatic rings. The van der Waals surface area contributed by atoms with E-state index in [9.17, 15) is 8.42 Å². The molecular formula is C10H14BNO5S. The molecule has 1 saturated heterocycles. The molecule has 1 aromatic carbocycles. The van der Waals surface area contributed by atoms with Gasteiger partial charge < -0.3 is 14.7 Å². The second-order valence-corrected chi connectivity index (χ2v) is 5.91. The predicted octanol–water partition coefficient (Wildman–Crippen LogP) is -0.181. The Morgan fingerprint density at radius 1 is 1.17 bits per heavy atom. The molecule has 18 heavy (non-hydrogen) atoms. The fourth-order valence-electron chi connectivity index (χ4n) is 1.94. The minimum atomic E-state index is -3.63. The van der Waals surface area contributed by atoms with E-state index in [1.54, 1.807) is 12.1 Å². The molecule has 1 aliphatic rings. The van der Waals surface area contributed by atoms with Crippen LogP contribution in [0.5, 0.6) is 5.75 Å². The third kappa shape index (κ3) is 2.67. The van der Waals surface area contributed by atoms with Gasteiger partial charge in [0.1, 0.15) is 10.6 Å². The molecule has 1 heterocycles. The molecule has 0 aromatic heterocycles. The van der Waals surface area contributed by atoms with Crippen molar-refractivity contribution in [1.82, 2.24) is 4.31 Å². The molecule has 0 aliphatic carbocycles. The number of sulfonamides is 1. The Morgan fingerprint density at radius 3 is 2.39 bits per heavy atom. The third-order valence-corrected chi connectivity index (χ3v) is 4.70. The Bertz CT molecular complexity index is 513. The van der Waals surface area contributed by atoms with Gasteiger partial charge in [0.2, 0.25) is 10.0 Å². The summed E-state index contributed by atoms with van der Waals surface area (Å²) in [5.74, 6) is -0.0561. The van der Waals surface area contributed by atoms with Crippen molar-refractivity contribution in [3.63, 3.8) is 0 Å². The largest absolute Gasteiger partial charge is 0.707 e. The van der Waals surface area contributed by atoms with E-state index in [0.717, 1.165) is 12.8 Å². The highest BCUT2D eigenvalue weighted by atomic mass is 32.2. The maximum atomic E-state index is 12.3. The van der Waals surface area contributed by atoms with Gasteiger partial charge in [0, 0.05) is 13.1 Å². The Morgan fingerprint density at radius 2 is 1.78 bits per heavy atom. The van der Waals surface area contributed by atoms with Crippen molar-refractivity contribution in [3.8, 4) is 5.75 Å². The van der Waals surface area contributed by atoms with Crippen LogP contribution in [-0.2, 0) is 10.0 Å². The van der Waals surface area contributed by atoms with E-state index in [2.05, 4.69) is 0 Å². The van der Waals surface area contributed by atoms with Crippen LogP contribution in [0.3, 0.4) is 0 Å². The van der Waals surface area contributed by atoms with Crippen LogP contribution >= 0.6 is 0 Å². The molecule has 0 unspecified atom stereocenters. The monoisotopic (exact) mass is 271 g/mol. The van der Waals surface area contributed by atoms with Gasteiger partial charge in [-0.15, -0.1) is 0 Å². The van der Waals surface area contributed by atoms with Crippen LogP contribution < -0.4 is 4.65 Å². The van der Waals surface area contributed by atoms with Gasteiger partial charge >= 0.3 is 7.32 Å². The van der Waals surface area contributed by atoms with E-state index < -0.39 is 17.3 Å². The molecule has 2 N–H and O–H groups in total. The van der Waals surface area contributed by atoms with Crippen LogP contribution in [0.25, 0.3) is 0 Å². The lowest BCUT2D eigenvalue weighted by Gasteiger charge is -2.18. The average Bonchev–Trinajstić information content (AvgIpc) is 2.82. The number of nitrogens with zero attached hydrogens (tertiary/aromatic N) is 1. The highest BCUT2D eigenvalue weighted by Gasteiger charge is 2.30. The maximum Gasteiger partial charge on any atom is 0.707 e. The SMILES string of the molecule is O=S(=O)(c1ccccc1OB(O)O)N1CCCC1. The molecular weight excluding hydrogens is 257 g/mol. The highest BCUT2D eigenvalue weighted by molar-refractivity contribution is 7.89. The molecule has 0 spiro atoms. The summed E-state index contributed by atoms with van der Waals surface area (Å²) in [5.41, 5.74) is 0. The first-order valence-electron chi connectivity index (χ1n) is 5.64. The summed E-state index contributed by atoms with van der Waals surface area (Å²) in [6.07, 6.45) is 1.68. The number of para-hydroxylation sites is 1. The Hall–Kier alpha value is -1.09. The quantitative estimate of drug-likeness (QED) is 0.742. The Labute approximate surface area is 106 Å². The summed E-state index contributed by atoms with van der Waals surface area (Å²) in [6, 6.07) is 5.92. The maximum absolute atomic E-state index is 12.3. The molecule has 0 amide bonds. The van der Waals surface area contributed by atoms with Crippen LogP contribution in [0.1, 0.15) is 12.8 Å². The zero-order chi connectivity index (χ0) is 13.2. The topological polar surface area (TPSA) is 87.1 Å². The molecule has 6 nitrogen and oxygen atoms in total. The van der Waals surface area contributed by atoms with Gasteiger partial charge in [0.25, 0.3) is 0 Å². The van der Waals surface area contributed by atoms with Gasteiger partial charge in [-0.1, -0.05) is 12.1 Å². The summed E-state index contributed by atoms with van der Waals surface area (Å²) in [6.45, 7) is 0.969. The molecule has 0 saturated carbocycles. The average molecular weight is 271 g/mol. The smallest absolute Gasteiger partial charge is 0.511 e. The molecule has 1 aliphatic heterocycles. The normalized spacial score (nSPS) is 16.8. The second kappa shape index (κ2) is 5.27. The number of hydrogen-bond acceptors (Lipinski definition) is 5. The molecule has 0 radical (unpaired) electrons. The Kier molecular flexibility index (Phi) is 3.91. The van der Waals surface area contributed by atoms with E-state index in [1.165, 1.54) is 16.4 Å². The predicted molar refractivity (Wildman–Crippen MR) is 65.3 cm³/mol. The van der Waals surface area contributed by atoms with Crippen molar-refractivity contribution in [2.45, 2.75) is 17.7 Å². The van der Waals surface area contributed by atoms with Crippen molar-refractivity contribution >= 4 is 17.3 Å². The van der Waals surface area contributed by atoms with Gasteiger partial charge in [-0.25, -0.2) is 8.42 Å². The summed E-state index contributed by atoms with van der Waals surface area (Å²) in [4.78, 5) is -0.0417. The molecule has 0 bridgehead atoms. The van der Waals surface area contributed by atoms with Crippen molar-refractivity contribution < 1.29 is 23.1 Å². The fourth-order valence-corrected chi connectivity index (χ4v) is 3.58. The van der Waals surface area contributed by atoms with Crippen molar-refractivity contribution in [3.05, 3.63) is 24.3 Å². The van der Waals surface area contributed by atoms with E-state index >= 15 is 0 Å². The van der Waals surface area contributed by atoms with Crippen LogP contribution in [0.4, 0.5) is 0 Å². The zero-order valence-electron chi connectivity index (χ0n) is 9.69. The van der Waals surface area contributed by atoms with Crippen LogP contribution in [0.15, 0.2) is 29.2 Å². The van der Waals surface area contributed by atoms with Crippen molar-refractivity contribution in [1.29, 1.82) is 0 Å². The molecule has 1 fully saturated rings. The summed E-state index contributed by atoms with van der Waals surface area (Å²) in [5, 5.41) is 17.6. The van der Waals surface area contributed by atoms with Crippen LogP contribution in [0.2, 0.25) is 0 Å². The molecule has 98 valence electrons. The van der Waals surface area contributed by atoms with Gasteiger partial charge in [-0.2, -0.15) is 4.31 Å². The third-order valence-electron chi connectivity index (χ3n) is 2.76. The number of hydrogen-bond donors (Lipinski definition) is 2. The fraction of sp³-hybridized carbons (Fsp3) is 0.400. The number of benzene rings is 1. The van der Waals surface area contributed by atoms with Gasteiger partial charge in [-0.05, 0) is 25.0 Å². The van der Waals surface area contributed by atoms with E-state index in [1.807, 2.05) is 0 Å². The second-order valence-electron chi connectivity index (χ2n) is 4.00. The van der Waals surface area contributed by atoms with Crippen molar-refractivity contribution in [2.75, 3.05) is 13.1 Å². The molecule has 8 heteroatoms. The van der Waals surface area contributed by atoms with E-state index in [0.29, 0.717) is 13.1 Å². The minimum absolute atomic E-state index is 0.0417. The first-order chi connectivity index (χ1) is 8.51. The standard InChI is InChI=1S/C10H14BNO5S/c13-11(14)17-9-5-1-2-6-10(9)18(15,16)12-7-3-4-8-12/h1-2,5-6,13-14H,3-4,7-8H2. The van der Waals surface area contributed by atoms with Gasteiger partial charge in [0.15, 0.2) is 0 Å². The lowest BCUT2D eigenvalue weighted by molar-refractivity contribution is 0.284. The first kappa shape index (κ1) is 13.3. The summed E-state index contributed by atoms with van der Waals surface area (Å²) < 4.78 is 30.7. The lowest BCUT2D eigenvalue weighted by Crippen LogP contribution is -2.29.